The third kappa shape index (κ3) is 2.65. The van der Waals surface area contributed by atoms with E-state index in [1.165, 1.54) is 0 Å². The molecule has 0 amide bonds. The second kappa shape index (κ2) is 6.48. The van der Waals surface area contributed by atoms with Crippen LogP contribution in [0.5, 0.6) is 11.5 Å². The van der Waals surface area contributed by atoms with E-state index in [1.54, 1.807) is 20.5 Å². The molecule has 0 fully saturated rings. The minimum atomic E-state index is 0.772. The van der Waals surface area contributed by atoms with Crippen molar-refractivity contribution in [1.29, 1.82) is 0 Å². The molecule has 2 aromatic carbocycles. The van der Waals surface area contributed by atoms with Crippen molar-refractivity contribution in [3.05, 3.63) is 60.6 Å². The molecule has 4 aromatic rings. The first-order valence-electron chi connectivity index (χ1n) is 8.20. The molecule has 0 bridgehead atoms. The van der Waals surface area contributed by atoms with E-state index in [4.69, 9.17) is 14.5 Å². The normalized spacial score (nSPS) is 10.9. The number of ether oxygens (including phenoxy) is 2. The average molecular weight is 346 g/mol. The highest BCUT2D eigenvalue weighted by Crippen LogP contribution is 2.30. The maximum atomic E-state index is 5.27. The Hall–Kier alpha value is -3.41. The molecule has 0 saturated heterocycles. The molecule has 0 atom stereocenters. The zero-order valence-corrected chi connectivity index (χ0v) is 14.8. The van der Waals surface area contributed by atoms with Crippen molar-refractivity contribution in [3.8, 4) is 28.6 Å². The van der Waals surface area contributed by atoms with Crippen LogP contribution in [0.15, 0.2) is 54.9 Å². The lowest BCUT2D eigenvalue weighted by Crippen LogP contribution is -1.99. The van der Waals surface area contributed by atoms with Gasteiger partial charge in [0.2, 0.25) is 0 Å². The Kier molecular flexibility index (Phi) is 4.01. The van der Waals surface area contributed by atoms with E-state index in [9.17, 15) is 0 Å². The van der Waals surface area contributed by atoms with Crippen molar-refractivity contribution in [2.75, 3.05) is 14.2 Å². The van der Waals surface area contributed by atoms with Crippen molar-refractivity contribution < 1.29 is 9.47 Å². The first-order valence-corrected chi connectivity index (χ1v) is 8.20. The van der Waals surface area contributed by atoms with Gasteiger partial charge in [-0.1, -0.05) is 0 Å². The van der Waals surface area contributed by atoms with Gasteiger partial charge in [-0.2, -0.15) is 0 Å². The van der Waals surface area contributed by atoms with Gasteiger partial charge in [-0.3, -0.25) is 4.57 Å². The summed E-state index contributed by atoms with van der Waals surface area (Å²) in [7, 11) is 3.31. The maximum absolute atomic E-state index is 5.27. The molecule has 0 aliphatic rings. The lowest BCUT2D eigenvalue weighted by Gasteiger charge is -2.10. The van der Waals surface area contributed by atoms with Gasteiger partial charge in [0.15, 0.2) is 5.65 Å². The first-order chi connectivity index (χ1) is 12.7. The number of aryl methyl sites for hydroxylation is 1. The number of aromatic nitrogens is 4. The third-order valence-electron chi connectivity index (χ3n) is 4.31. The van der Waals surface area contributed by atoms with Gasteiger partial charge in [0.05, 0.1) is 19.9 Å². The molecule has 2 heterocycles. The van der Waals surface area contributed by atoms with E-state index < -0.39 is 0 Å². The summed E-state index contributed by atoms with van der Waals surface area (Å²) in [6.07, 6.45) is 1.57. The van der Waals surface area contributed by atoms with Gasteiger partial charge in [-0.25, -0.2) is 15.0 Å². The Balaban J connectivity index is 1.97. The second-order valence-corrected chi connectivity index (χ2v) is 5.83. The number of rotatable bonds is 4. The fraction of sp³-hybridized carbons (Fsp3) is 0.150. The molecule has 4 rings (SSSR count). The Morgan fingerprint density at radius 2 is 1.42 bits per heavy atom. The maximum Gasteiger partial charge on any atom is 0.168 e. The van der Waals surface area contributed by atoms with Crippen molar-refractivity contribution in [2.24, 2.45) is 0 Å². The zero-order chi connectivity index (χ0) is 18.1. The number of nitrogens with zero attached hydrogens (tertiary/aromatic N) is 4. The Labute approximate surface area is 151 Å². The van der Waals surface area contributed by atoms with Crippen LogP contribution < -0.4 is 9.47 Å². The quantitative estimate of drug-likeness (QED) is 0.562. The number of methoxy groups -OCH3 is 2. The fourth-order valence-corrected chi connectivity index (χ4v) is 2.91. The molecule has 26 heavy (non-hydrogen) atoms. The van der Waals surface area contributed by atoms with Crippen LogP contribution in [-0.2, 0) is 0 Å². The summed E-state index contributed by atoms with van der Waals surface area (Å²) in [6, 6.07) is 15.7. The predicted molar refractivity (Wildman–Crippen MR) is 99.9 cm³/mol. The fourth-order valence-electron chi connectivity index (χ4n) is 2.91. The SMILES string of the molecule is COc1ccc(-c2nc3c(C)ncnc3n2-c2ccc(OC)cc2)cc1. The highest BCUT2D eigenvalue weighted by molar-refractivity contribution is 5.81. The van der Waals surface area contributed by atoms with Gasteiger partial charge in [0.1, 0.15) is 29.2 Å². The van der Waals surface area contributed by atoms with E-state index in [0.717, 1.165) is 45.4 Å². The van der Waals surface area contributed by atoms with Crippen LogP contribution in [0.25, 0.3) is 28.2 Å². The van der Waals surface area contributed by atoms with Crippen LogP contribution in [0, 0.1) is 6.92 Å². The van der Waals surface area contributed by atoms with Crippen LogP contribution >= 0.6 is 0 Å². The highest BCUT2D eigenvalue weighted by atomic mass is 16.5. The largest absolute Gasteiger partial charge is 0.497 e. The summed E-state index contributed by atoms with van der Waals surface area (Å²) in [5.74, 6) is 2.41. The summed E-state index contributed by atoms with van der Waals surface area (Å²) in [5.41, 5.74) is 4.33. The van der Waals surface area contributed by atoms with Crippen molar-refractivity contribution >= 4 is 11.2 Å². The van der Waals surface area contributed by atoms with E-state index in [-0.39, 0.29) is 0 Å². The Bertz CT molecular complexity index is 1050. The average Bonchev–Trinajstić information content (AvgIpc) is 3.09. The molecule has 0 aliphatic heterocycles. The molecule has 2 aromatic heterocycles. The van der Waals surface area contributed by atoms with Gasteiger partial charge in [0.25, 0.3) is 0 Å². The summed E-state index contributed by atoms with van der Waals surface area (Å²) >= 11 is 0. The van der Waals surface area contributed by atoms with E-state index in [1.807, 2.05) is 60.0 Å². The van der Waals surface area contributed by atoms with Gasteiger partial charge in [0, 0.05) is 11.3 Å². The van der Waals surface area contributed by atoms with Crippen LogP contribution in [0.1, 0.15) is 5.69 Å². The van der Waals surface area contributed by atoms with Gasteiger partial charge >= 0.3 is 0 Å². The van der Waals surface area contributed by atoms with Gasteiger partial charge in [-0.15, -0.1) is 0 Å². The molecule has 0 aliphatic carbocycles. The summed E-state index contributed by atoms with van der Waals surface area (Å²) in [4.78, 5) is 13.6. The molecule has 0 radical (unpaired) electrons. The van der Waals surface area contributed by atoms with Crippen LogP contribution in [0.4, 0.5) is 0 Å². The monoisotopic (exact) mass is 346 g/mol. The smallest absolute Gasteiger partial charge is 0.168 e. The summed E-state index contributed by atoms with van der Waals surface area (Å²) in [6.45, 7) is 1.94. The number of benzene rings is 2. The molecule has 6 heteroatoms. The van der Waals surface area contributed by atoms with Crippen LogP contribution in [-0.4, -0.2) is 33.7 Å². The number of hydrogen-bond donors (Lipinski definition) is 0. The van der Waals surface area contributed by atoms with Crippen molar-refractivity contribution in [2.45, 2.75) is 6.92 Å². The minimum Gasteiger partial charge on any atom is -0.497 e. The van der Waals surface area contributed by atoms with Gasteiger partial charge < -0.3 is 9.47 Å². The summed E-state index contributed by atoms with van der Waals surface area (Å²) in [5, 5.41) is 0. The summed E-state index contributed by atoms with van der Waals surface area (Å²) < 4.78 is 12.6. The highest BCUT2D eigenvalue weighted by Gasteiger charge is 2.17. The molecule has 0 spiro atoms. The van der Waals surface area contributed by atoms with E-state index >= 15 is 0 Å². The van der Waals surface area contributed by atoms with Crippen LogP contribution in [0.3, 0.4) is 0 Å². The lowest BCUT2D eigenvalue weighted by atomic mass is 10.2. The topological polar surface area (TPSA) is 62.1 Å². The van der Waals surface area contributed by atoms with E-state index in [0.29, 0.717) is 0 Å². The number of hydrogen-bond acceptors (Lipinski definition) is 5. The van der Waals surface area contributed by atoms with Crippen LogP contribution in [0.2, 0.25) is 0 Å². The van der Waals surface area contributed by atoms with Crippen molar-refractivity contribution in [1.82, 2.24) is 19.5 Å². The number of imidazole rings is 1. The predicted octanol–water partition coefficient (Wildman–Crippen LogP) is 3.81. The zero-order valence-electron chi connectivity index (χ0n) is 14.8. The van der Waals surface area contributed by atoms with Gasteiger partial charge in [-0.05, 0) is 55.5 Å². The molecule has 0 N–H and O–H groups in total. The lowest BCUT2D eigenvalue weighted by molar-refractivity contribution is 0.414. The molecule has 130 valence electrons. The first kappa shape index (κ1) is 16.1. The molecule has 6 nitrogen and oxygen atoms in total. The molecular weight excluding hydrogens is 328 g/mol. The van der Waals surface area contributed by atoms with E-state index in [2.05, 4.69) is 9.97 Å². The standard InChI is InChI=1S/C20H18N4O2/c1-13-18-20(22-12-21-13)24(15-6-10-17(26-3)11-7-15)19(23-18)14-4-8-16(25-2)9-5-14/h4-12H,1-3H3. The molecule has 0 unspecified atom stereocenters. The molecular formula is C20H18N4O2. The van der Waals surface area contributed by atoms with Crippen molar-refractivity contribution in [3.63, 3.8) is 0 Å². The third-order valence-corrected chi connectivity index (χ3v) is 4.31. The number of fused-ring (bicyclic) bond motifs is 1. The minimum absolute atomic E-state index is 0.772. The molecule has 0 saturated carbocycles. The second-order valence-electron chi connectivity index (χ2n) is 5.83. The Morgan fingerprint density at radius 3 is 2.04 bits per heavy atom. The Morgan fingerprint density at radius 1 is 0.808 bits per heavy atom.